The molecule has 2 atom stereocenters. The lowest BCUT2D eigenvalue weighted by Crippen LogP contribution is -2.48. The molecule has 2 saturated heterocycles. The van der Waals surface area contributed by atoms with Crippen molar-refractivity contribution in [3.05, 3.63) is 17.6 Å². The molecule has 3 rings (SSSR count). The summed E-state index contributed by atoms with van der Waals surface area (Å²) in [6.07, 6.45) is 4.77. The van der Waals surface area contributed by atoms with E-state index in [2.05, 4.69) is 15.3 Å². The smallest absolute Gasteiger partial charge is 0.227 e. The number of amides is 2. The van der Waals surface area contributed by atoms with Crippen molar-refractivity contribution in [2.45, 2.75) is 51.9 Å². The zero-order valence-corrected chi connectivity index (χ0v) is 22.1. The van der Waals surface area contributed by atoms with Gasteiger partial charge in [-0.2, -0.15) is 0 Å². The number of carbonyl (C=O) groups is 3. The van der Waals surface area contributed by atoms with Crippen LogP contribution in [0.5, 0.6) is 0 Å². The highest BCUT2D eigenvalue weighted by atomic mass is 16.5. The Labute approximate surface area is 214 Å². The highest BCUT2D eigenvalue weighted by Gasteiger charge is 2.35. The Morgan fingerprint density at radius 2 is 2.06 bits per heavy atom. The Hall–Kier alpha value is -2.59. The first-order valence-corrected chi connectivity index (χ1v) is 12.9. The number of piperidine rings is 1. The lowest BCUT2D eigenvalue weighted by molar-refractivity contribution is -0.139. The quantitative estimate of drug-likeness (QED) is 0.293. The third-order valence-electron chi connectivity index (χ3n) is 6.65. The van der Waals surface area contributed by atoms with Gasteiger partial charge in [-0.15, -0.1) is 0 Å². The number of likely N-dealkylation sites (tertiary alicyclic amines) is 1. The van der Waals surface area contributed by atoms with Gasteiger partial charge in [-0.25, -0.2) is 9.97 Å². The number of aromatic nitrogens is 2. The summed E-state index contributed by atoms with van der Waals surface area (Å²) in [5.74, 6) is 0.712. The summed E-state index contributed by atoms with van der Waals surface area (Å²) >= 11 is 0. The minimum absolute atomic E-state index is 0.0443. The first kappa shape index (κ1) is 28.0. The van der Waals surface area contributed by atoms with E-state index in [1.54, 1.807) is 18.2 Å². The second-order valence-corrected chi connectivity index (χ2v) is 10.8. The van der Waals surface area contributed by atoms with Gasteiger partial charge in [-0.3, -0.25) is 14.4 Å². The summed E-state index contributed by atoms with van der Waals surface area (Å²) < 4.78 is 10.6. The van der Waals surface area contributed by atoms with Gasteiger partial charge in [-0.05, 0) is 25.2 Å². The van der Waals surface area contributed by atoms with Crippen molar-refractivity contribution >= 4 is 23.9 Å². The molecule has 2 aliphatic rings. The van der Waals surface area contributed by atoms with E-state index in [0.29, 0.717) is 76.2 Å². The molecule has 0 bridgehead atoms. The number of hydrogen-bond donors (Lipinski definition) is 1. The molecule has 10 nitrogen and oxygen atoms in total. The number of Topliss-reactive ketones (excluding diaryl/α,β-unsaturated/α-hetero) is 1. The number of rotatable bonds is 10. The summed E-state index contributed by atoms with van der Waals surface area (Å²) in [6.45, 7) is 10.6. The summed E-state index contributed by atoms with van der Waals surface area (Å²) in [6, 6.07) is 0. The topological polar surface area (TPSA) is 114 Å². The molecule has 0 aromatic carbocycles. The Balaban J connectivity index is 1.73. The molecule has 0 aliphatic carbocycles. The van der Waals surface area contributed by atoms with E-state index in [1.165, 1.54) is 0 Å². The Morgan fingerprint density at radius 3 is 2.78 bits per heavy atom. The summed E-state index contributed by atoms with van der Waals surface area (Å²) in [4.78, 5) is 51.0. The molecule has 1 N–H and O–H groups in total. The fraction of sp³-hybridized carbons (Fsp3) is 0.731. The van der Waals surface area contributed by atoms with E-state index in [0.717, 1.165) is 19.3 Å². The van der Waals surface area contributed by atoms with E-state index in [1.807, 2.05) is 25.7 Å². The van der Waals surface area contributed by atoms with E-state index in [-0.39, 0.29) is 35.4 Å². The summed E-state index contributed by atoms with van der Waals surface area (Å²) in [7, 11) is 1.66. The maximum Gasteiger partial charge on any atom is 0.227 e. The Morgan fingerprint density at radius 1 is 1.25 bits per heavy atom. The van der Waals surface area contributed by atoms with Gasteiger partial charge in [0.2, 0.25) is 12.3 Å². The lowest BCUT2D eigenvalue weighted by atomic mass is 9.84. The van der Waals surface area contributed by atoms with Crippen molar-refractivity contribution in [1.82, 2.24) is 19.8 Å². The zero-order chi connectivity index (χ0) is 26.1. The fourth-order valence-electron chi connectivity index (χ4n) is 4.76. The van der Waals surface area contributed by atoms with Gasteiger partial charge in [0.1, 0.15) is 11.6 Å². The average molecular weight is 504 g/mol. The molecule has 1 aromatic rings. The van der Waals surface area contributed by atoms with Crippen LogP contribution in [0.2, 0.25) is 0 Å². The number of hydrogen-bond acceptors (Lipinski definition) is 8. The van der Waals surface area contributed by atoms with Crippen LogP contribution < -0.4 is 5.32 Å². The zero-order valence-electron chi connectivity index (χ0n) is 22.1. The van der Waals surface area contributed by atoms with Gasteiger partial charge in [-0.1, -0.05) is 20.8 Å². The van der Waals surface area contributed by atoms with Gasteiger partial charge >= 0.3 is 0 Å². The number of anilines is 1. The number of carbonyl (C=O) groups excluding carboxylic acids is 3. The number of methoxy groups -OCH3 is 1. The molecule has 0 radical (unpaired) electrons. The molecular formula is C26H41N5O5. The summed E-state index contributed by atoms with van der Waals surface area (Å²) in [5.41, 5.74) is 0.181. The molecule has 2 amide bonds. The maximum atomic E-state index is 13.4. The predicted molar refractivity (Wildman–Crippen MR) is 136 cm³/mol. The number of nitrogens with zero attached hydrogens (tertiary/aromatic N) is 4. The molecule has 200 valence electrons. The number of nitrogens with one attached hydrogen (secondary N) is 1. The van der Waals surface area contributed by atoms with Gasteiger partial charge in [0.15, 0.2) is 5.78 Å². The van der Waals surface area contributed by atoms with Crippen molar-refractivity contribution in [3.63, 3.8) is 0 Å². The van der Waals surface area contributed by atoms with Crippen molar-refractivity contribution in [3.8, 4) is 0 Å². The second kappa shape index (κ2) is 13.1. The molecule has 10 heteroatoms. The van der Waals surface area contributed by atoms with Crippen molar-refractivity contribution in [2.24, 2.45) is 11.8 Å². The molecule has 36 heavy (non-hydrogen) atoms. The number of ketones is 1. The first-order valence-electron chi connectivity index (χ1n) is 12.9. The van der Waals surface area contributed by atoms with Crippen LogP contribution >= 0.6 is 0 Å². The maximum absolute atomic E-state index is 13.4. The van der Waals surface area contributed by atoms with Gasteiger partial charge < -0.3 is 24.6 Å². The highest BCUT2D eigenvalue weighted by Crippen LogP contribution is 2.29. The largest absolute Gasteiger partial charge is 0.385 e. The molecule has 1 aromatic heterocycles. The van der Waals surface area contributed by atoms with E-state index >= 15 is 0 Å². The third kappa shape index (κ3) is 7.70. The van der Waals surface area contributed by atoms with Crippen LogP contribution in [0.3, 0.4) is 0 Å². The Bertz CT molecular complexity index is 895. The van der Waals surface area contributed by atoms with Crippen molar-refractivity contribution < 1.29 is 23.9 Å². The van der Waals surface area contributed by atoms with Gasteiger partial charge in [0.25, 0.3) is 0 Å². The minimum Gasteiger partial charge on any atom is -0.385 e. The predicted octanol–water partition coefficient (Wildman–Crippen LogP) is 2.14. The SMILES string of the molecule is COCCCNc1nc(C(C)(C)C)ncc1C(=O)CC1CC(C(=O)N2CCCOCC2)CN(C=O)C1. The molecular weight excluding hydrogens is 462 g/mol. The lowest BCUT2D eigenvalue weighted by Gasteiger charge is -2.37. The number of ether oxygens (including phenoxy) is 2. The second-order valence-electron chi connectivity index (χ2n) is 10.8. The van der Waals surface area contributed by atoms with Crippen LogP contribution in [0, 0.1) is 11.8 Å². The van der Waals surface area contributed by atoms with Crippen LogP contribution in [0.25, 0.3) is 0 Å². The Kier molecular flexibility index (Phi) is 10.2. The van der Waals surface area contributed by atoms with E-state index in [9.17, 15) is 14.4 Å². The van der Waals surface area contributed by atoms with Crippen LogP contribution in [0.1, 0.15) is 62.6 Å². The highest BCUT2D eigenvalue weighted by molar-refractivity contribution is 6.00. The van der Waals surface area contributed by atoms with Crippen LogP contribution in [-0.2, 0) is 24.5 Å². The van der Waals surface area contributed by atoms with Gasteiger partial charge in [0, 0.05) is 71.1 Å². The molecule has 0 saturated carbocycles. The minimum atomic E-state index is -0.314. The molecule has 3 heterocycles. The van der Waals surface area contributed by atoms with E-state index < -0.39 is 0 Å². The molecule has 0 spiro atoms. The van der Waals surface area contributed by atoms with Gasteiger partial charge in [0.05, 0.1) is 18.1 Å². The normalized spacial score (nSPS) is 21.1. The fourth-order valence-corrected chi connectivity index (χ4v) is 4.76. The van der Waals surface area contributed by atoms with Crippen molar-refractivity contribution in [1.29, 1.82) is 0 Å². The van der Waals surface area contributed by atoms with Crippen LogP contribution in [-0.4, -0.2) is 97.5 Å². The molecule has 2 fully saturated rings. The van der Waals surface area contributed by atoms with Crippen LogP contribution in [0.15, 0.2) is 6.20 Å². The summed E-state index contributed by atoms with van der Waals surface area (Å²) in [5, 5.41) is 3.28. The third-order valence-corrected chi connectivity index (χ3v) is 6.65. The molecule has 2 aliphatic heterocycles. The average Bonchev–Trinajstić information content (AvgIpc) is 3.15. The molecule has 2 unspecified atom stereocenters. The van der Waals surface area contributed by atoms with Crippen LogP contribution in [0.4, 0.5) is 5.82 Å². The first-order chi connectivity index (χ1) is 17.2. The standard InChI is InChI=1S/C26H41N5O5/c1-26(2,3)25-28-15-21(23(29-25)27-7-5-10-35-4)22(33)14-19-13-20(17-30(16-19)18-32)24(34)31-8-6-11-36-12-9-31/h15,18-20H,5-14,16-17H2,1-4H3,(H,27,28,29). The monoisotopic (exact) mass is 503 g/mol. The van der Waals surface area contributed by atoms with Crippen molar-refractivity contribution in [2.75, 3.05) is 65.0 Å². The van der Waals surface area contributed by atoms with E-state index in [4.69, 9.17) is 9.47 Å².